The summed E-state index contributed by atoms with van der Waals surface area (Å²) in [5.41, 5.74) is 0. The summed E-state index contributed by atoms with van der Waals surface area (Å²) in [7, 11) is 0. The standard InChI is InChI=1S/C11H18N2O5/c14-9(6-12-7-3-1-2-4-7)13-8(11(17)18)5-10(15)16/h7-8,12H,1-6H2,(H,13,14)(H,15,16)(H,17,18). The fourth-order valence-corrected chi connectivity index (χ4v) is 1.99. The molecule has 1 unspecified atom stereocenters. The monoisotopic (exact) mass is 258 g/mol. The molecule has 1 amide bonds. The van der Waals surface area contributed by atoms with Gasteiger partial charge in [0.25, 0.3) is 0 Å². The minimum Gasteiger partial charge on any atom is -0.481 e. The Hall–Kier alpha value is -1.63. The molecule has 1 aliphatic rings. The molecule has 4 N–H and O–H groups in total. The van der Waals surface area contributed by atoms with Gasteiger partial charge in [0.15, 0.2) is 0 Å². The Labute approximate surface area is 105 Å². The van der Waals surface area contributed by atoms with Crippen molar-refractivity contribution < 1.29 is 24.6 Å². The van der Waals surface area contributed by atoms with Crippen LogP contribution in [-0.4, -0.2) is 46.7 Å². The van der Waals surface area contributed by atoms with E-state index in [9.17, 15) is 14.4 Å². The van der Waals surface area contributed by atoms with Crippen molar-refractivity contribution in [2.24, 2.45) is 0 Å². The van der Waals surface area contributed by atoms with E-state index in [1.165, 1.54) is 0 Å². The molecule has 1 rings (SSSR count). The summed E-state index contributed by atoms with van der Waals surface area (Å²) in [5, 5.41) is 22.5. The van der Waals surface area contributed by atoms with Crippen LogP contribution < -0.4 is 10.6 Å². The van der Waals surface area contributed by atoms with Crippen molar-refractivity contribution in [2.45, 2.75) is 44.2 Å². The van der Waals surface area contributed by atoms with Crippen LogP contribution in [-0.2, 0) is 14.4 Å². The Morgan fingerprint density at radius 2 is 1.78 bits per heavy atom. The van der Waals surface area contributed by atoms with Gasteiger partial charge in [-0.05, 0) is 12.8 Å². The molecule has 0 heterocycles. The van der Waals surface area contributed by atoms with Gasteiger partial charge < -0.3 is 20.8 Å². The Morgan fingerprint density at radius 1 is 1.17 bits per heavy atom. The molecule has 0 radical (unpaired) electrons. The van der Waals surface area contributed by atoms with Gasteiger partial charge in [0, 0.05) is 6.04 Å². The first-order valence-corrected chi connectivity index (χ1v) is 5.96. The van der Waals surface area contributed by atoms with Crippen LogP contribution in [0.5, 0.6) is 0 Å². The number of carbonyl (C=O) groups is 3. The predicted molar refractivity (Wildman–Crippen MR) is 62.1 cm³/mol. The highest BCUT2D eigenvalue weighted by Gasteiger charge is 2.23. The van der Waals surface area contributed by atoms with Crippen molar-refractivity contribution in [2.75, 3.05) is 6.54 Å². The lowest BCUT2D eigenvalue weighted by atomic mass is 10.2. The molecule has 1 atom stereocenters. The second-order valence-electron chi connectivity index (χ2n) is 4.42. The number of hydrogen-bond acceptors (Lipinski definition) is 4. The lowest BCUT2D eigenvalue weighted by Crippen LogP contribution is -2.46. The van der Waals surface area contributed by atoms with Gasteiger partial charge >= 0.3 is 11.9 Å². The molecule has 0 aromatic carbocycles. The smallest absolute Gasteiger partial charge is 0.326 e. The fourth-order valence-electron chi connectivity index (χ4n) is 1.99. The summed E-state index contributed by atoms with van der Waals surface area (Å²) in [6, 6.07) is -1.07. The van der Waals surface area contributed by atoms with Gasteiger partial charge in [0.1, 0.15) is 6.04 Å². The van der Waals surface area contributed by atoms with Gasteiger partial charge in [0.05, 0.1) is 13.0 Å². The highest BCUT2D eigenvalue weighted by atomic mass is 16.4. The highest BCUT2D eigenvalue weighted by molar-refractivity contribution is 5.87. The van der Waals surface area contributed by atoms with Gasteiger partial charge in [-0.25, -0.2) is 4.79 Å². The van der Waals surface area contributed by atoms with E-state index in [0.717, 1.165) is 25.7 Å². The molecule has 0 aromatic rings. The third-order valence-electron chi connectivity index (χ3n) is 2.92. The minimum atomic E-state index is -1.37. The van der Waals surface area contributed by atoms with E-state index in [2.05, 4.69) is 10.6 Å². The van der Waals surface area contributed by atoms with Crippen LogP contribution in [0.25, 0.3) is 0 Å². The molecular weight excluding hydrogens is 240 g/mol. The number of carbonyl (C=O) groups excluding carboxylic acids is 1. The molecule has 0 spiro atoms. The molecular formula is C11H18N2O5. The first-order chi connectivity index (χ1) is 8.49. The Bertz CT molecular complexity index is 325. The second-order valence-corrected chi connectivity index (χ2v) is 4.42. The Balaban J connectivity index is 2.31. The van der Waals surface area contributed by atoms with Crippen LogP contribution in [0.3, 0.4) is 0 Å². The van der Waals surface area contributed by atoms with Gasteiger partial charge in [-0.2, -0.15) is 0 Å². The topological polar surface area (TPSA) is 116 Å². The van der Waals surface area contributed by atoms with Gasteiger partial charge in [-0.15, -0.1) is 0 Å². The molecule has 102 valence electrons. The Morgan fingerprint density at radius 3 is 2.28 bits per heavy atom. The van der Waals surface area contributed by atoms with E-state index in [4.69, 9.17) is 10.2 Å². The molecule has 7 nitrogen and oxygen atoms in total. The summed E-state index contributed by atoms with van der Waals surface area (Å²) in [6.07, 6.45) is 3.69. The number of amides is 1. The average Bonchev–Trinajstić information content (AvgIpc) is 2.77. The SMILES string of the molecule is O=C(O)CC(NC(=O)CNC1CCCC1)C(=O)O. The Kier molecular flexibility index (Phi) is 5.57. The van der Waals surface area contributed by atoms with Crippen LogP contribution in [0.15, 0.2) is 0 Å². The number of nitrogens with one attached hydrogen (secondary N) is 2. The van der Waals surface area contributed by atoms with E-state index < -0.39 is 30.3 Å². The van der Waals surface area contributed by atoms with Gasteiger partial charge in [-0.3, -0.25) is 9.59 Å². The molecule has 0 aliphatic heterocycles. The second kappa shape index (κ2) is 6.95. The zero-order chi connectivity index (χ0) is 13.5. The normalized spacial score (nSPS) is 17.3. The fraction of sp³-hybridized carbons (Fsp3) is 0.727. The third kappa shape index (κ3) is 5.13. The quantitative estimate of drug-likeness (QED) is 0.492. The van der Waals surface area contributed by atoms with Gasteiger partial charge in [-0.1, -0.05) is 12.8 Å². The number of carboxylic acid groups (broad SMARTS) is 2. The number of rotatable bonds is 7. The summed E-state index contributed by atoms with van der Waals surface area (Å²) in [6.45, 7) is 0.0219. The van der Waals surface area contributed by atoms with E-state index in [1.54, 1.807) is 0 Å². The molecule has 7 heteroatoms. The van der Waals surface area contributed by atoms with E-state index in [-0.39, 0.29) is 6.54 Å². The maximum Gasteiger partial charge on any atom is 0.326 e. The lowest BCUT2D eigenvalue weighted by molar-refractivity contribution is -0.147. The molecule has 18 heavy (non-hydrogen) atoms. The molecule has 1 aliphatic carbocycles. The number of aliphatic carboxylic acids is 2. The summed E-state index contributed by atoms with van der Waals surface area (Å²) in [5.74, 6) is -3.09. The molecule has 1 fully saturated rings. The molecule has 0 aromatic heterocycles. The van der Waals surface area contributed by atoms with E-state index in [1.807, 2.05) is 0 Å². The van der Waals surface area contributed by atoms with Crippen molar-refractivity contribution >= 4 is 17.8 Å². The van der Waals surface area contributed by atoms with Crippen LogP contribution in [0, 0.1) is 0 Å². The summed E-state index contributed by atoms with van der Waals surface area (Å²) < 4.78 is 0. The van der Waals surface area contributed by atoms with Crippen LogP contribution in [0.2, 0.25) is 0 Å². The first-order valence-electron chi connectivity index (χ1n) is 5.96. The molecule has 1 saturated carbocycles. The third-order valence-corrected chi connectivity index (χ3v) is 2.92. The summed E-state index contributed by atoms with van der Waals surface area (Å²) >= 11 is 0. The lowest BCUT2D eigenvalue weighted by Gasteiger charge is -2.15. The summed E-state index contributed by atoms with van der Waals surface area (Å²) in [4.78, 5) is 32.6. The molecule has 0 bridgehead atoms. The maximum atomic E-state index is 11.5. The highest BCUT2D eigenvalue weighted by Crippen LogP contribution is 2.17. The van der Waals surface area contributed by atoms with E-state index >= 15 is 0 Å². The molecule has 0 saturated heterocycles. The number of carboxylic acids is 2. The minimum absolute atomic E-state index is 0.0219. The van der Waals surface area contributed by atoms with Crippen LogP contribution >= 0.6 is 0 Å². The van der Waals surface area contributed by atoms with Crippen molar-refractivity contribution in [1.82, 2.24) is 10.6 Å². The van der Waals surface area contributed by atoms with Crippen LogP contribution in [0.4, 0.5) is 0 Å². The zero-order valence-corrected chi connectivity index (χ0v) is 10.0. The van der Waals surface area contributed by atoms with E-state index in [0.29, 0.717) is 6.04 Å². The predicted octanol–water partition coefficient (Wildman–Crippen LogP) is -0.437. The van der Waals surface area contributed by atoms with Crippen molar-refractivity contribution in [3.05, 3.63) is 0 Å². The average molecular weight is 258 g/mol. The van der Waals surface area contributed by atoms with Crippen molar-refractivity contribution in [3.63, 3.8) is 0 Å². The maximum absolute atomic E-state index is 11.5. The first kappa shape index (κ1) is 14.4. The zero-order valence-electron chi connectivity index (χ0n) is 10.0. The van der Waals surface area contributed by atoms with Crippen molar-refractivity contribution in [1.29, 1.82) is 0 Å². The van der Waals surface area contributed by atoms with Gasteiger partial charge in [0.2, 0.25) is 5.91 Å². The number of hydrogen-bond donors (Lipinski definition) is 4. The van der Waals surface area contributed by atoms with Crippen molar-refractivity contribution in [3.8, 4) is 0 Å². The van der Waals surface area contributed by atoms with Crippen LogP contribution in [0.1, 0.15) is 32.1 Å². The largest absolute Gasteiger partial charge is 0.481 e.